The molecule has 132 valence electrons. The first-order chi connectivity index (χ1) is 12.7. The van der Waals surface area contributed by atoms with Crippen molar-refractivity contribution < 1.29 is 9.21 Å². The summed E-state index contributed by atoms with van der Waals surface area (Å²) in [4.78, 5) is 14.9. The second kappa shape index (κ2) is 5.63. The summed E-state index contributed by atoms with van der Waals surface area (Å²) >= 11 is 0. The molecule has 3 heterocycles. The Morgan fingerprint density at radius 3 is 2.73 bits per heavy atom. The SMILES string of the molecule is Cc1cccc2oc(C(=O)N3CCC4(CC3)CNc3ccccc34)cc12. The standard InChI is InChI=1S/C22H22N2O2/c1-15-5-4-8-19-16(15)13-20(26-19)21(25)24-11-9-22(10-12-24)14-23-18-7-3-2-6-17(18)22/h2-8,13,23H,9-12,14H2,1H3. The van der Waals surface area contributed by atoms with Gasteiger partial charge in [-0.15, -0.1) is 0 Å². The Bertz CT molecular complexity index is 996. The number of nitrogens with one attached hydrogen (secondary N) is 1. The van der Waals surface area contributed by atoms with E-state index in [4.69, 9.17) is 4.42 Å². The molecule has 0 bridgehead atoms. The lowest BCUT2D eigenvalue weighted by atomic mass is 9.74. The lowest BCUT2D eigenvalue weighted by molar-refractivity contribution is 0.0647. The minimum Gasteiger partial charge on any atom is -0.451 e. The van der Waals surface area contributed by atoms with E-state index in [1.165, 1.54) is 11.3 Å². The summed E-state index contributed by atoms with van der Waals surface area (Å²) in [5.41, 5.74) is 4.75. The number of fused-ring (bicyclic) bond motifs is 3. The first-order valence-electron chi connectivity index (χ1n) is 9.28. The number of hydrogen-bond donors (Lipinski definition) is 1. The molecule has 1 aromatic heterocycles. The number of aryl methyl sites for hydroxylation is 1. The first-order valence-corrected chi connectivity index (χ1v) is 9.28. The zero-order valence-electron chi connectivity index (χ0n) is 14.9. The predicted molar refractivity (Wildman–Crippen MR) is 103 cm³/mol. The number of piperidine rings is 1. The molecule has 1 spiro atoms. The minimum absolute atomic E-state index is 0.00897. The zero-order chi connectivity index (χ0) is 17.7. The molecule has 2 aliphatic heterocycles. The monoisotopic (exact) mass is 346 g/mol. The molecule has 0 aliphatic carbocycles. The van der Waals surface area contributed by atoms with Crippen LogP contribution in [0.4, 0.5) is 5.69 Å². The molecular weight excluding hydrogens is 324 g/mol. The Morgan fingerprint density at radius 1 is 1.12 bits per heavy atom. The van der Waals surface area contributed by atoms with Gasteiger partial charge in [-0.1, -0.05) is 30.3 Å². The Labute approximate surface area is 152 Å². The van der Waals surface area contributed by atoms with Gasteiger partial charge >= 0.3 is 0 Å². The molecule has 2 aliphatic rings. The van der Waals surface area contributed by atoms with Gasteiger partial charge < -0.3 is 14.6 Å². The highest BCUT2D eigenvalue weighted by Crippen LogP contribution is 2.44. The molecule has 4 heteroatoms. The molecule has 3 aromatic rings. The van der Waals surface area contributed by atoms with Crippen LogP contribution in [0.2, 0.25) is 0 Å². The van der Waals surface area contributed by atoms with Crippen LogP contribution in [0.1, 0.15) is 34.5 Å². The van der Waals surface area contributed by atoms with Crippen molar-refractivity contribution in [3.05, 3.63) is 65.4 Å². The maximum Gasteiger partial charge on any atom is 0.289 e. The largest absolute Gasteiger partial charge is 0.451 e. The summed E-state index contributed by atoms with van der Waals surface area (Å²) in [7, 11) is 0. The van der Waals surface area contributed by atoms with E-state index < -0.39 is 0 Å². The van der Waals surface area contributed by atoms with Gasteiger partial charge in [0.1, 0.15) is 5.58 Å². The van der Waals surface area contributed by atoms with Crippen LogP contribution in [0.15, 0.2) is 52.9 Å². The average molecular weight is 346 g/mol. The normalized spacial score (nSPS) is 18.1. The molecule has 1 fully saturated rings. The highest BCUT2D eigenvalue weighted by molar-refractivity contribution is 5.97. The van der Waals surface area contributed by atoms with Crippen LogP contribution in [0.25, 0.3) is 11.0 Å². The fourth-order valence-corrected chi connectivity index (χ4v) is 4.51. The maximum absolute atomic E-state index is 12.9. The third-order valence-corrected chi connectivity index (χ3v) is 6.11. The number of amides is 1. The number of furan rings is 1. The summed E-state index contributed by atoms with van der Waals surface area (Å²) in [5, 5.41) is 4.56. The van der Waals surface area contributed by atoms with E-state index in [1.807, 2.05) is 36.1 Å². The summed E-state index contributed by atoms with van der Waals surface area (Å²) in [5.74, 6) is 0.463. The molecule has 1 N–H and O–H groups in total. The lowest BCUT2D eigenvalue weighted by Gasteiger charge is -2.39. The quantitative estimate of drug-likeness (QED) is 0.713. The molecule has 4 nitrogen and oxygen atoms in total. The number of carbonyl (C=O) groups is 1. The molecule has 0 radical (unpaired) electrons. The molecule has 26 heavy (non-hydrogen) atoms. The summed E-state index contributed by atoms with van der Waals surface area (Å²) in [6, 6.07) is 16.4. The topological polar surface area (TPSA) is 45.5 Å². The number of hydrogen-bond acceptors (Lipinski definition) is 3. The molecule has 0 atom stereocenters. The number of rotatable bonds is 1. The van der Waals surface area contributed by atoms with Crippen LogP contribution >= 0.6 is 0 Å². The Hall–Kier alpha value is -2.75. The van der Waals surface area contributed by atoms with Crippen molar-refractivity contribution in [2.75, 3.05) is 25.0 Å². The fourth-order valence-electron chi connectivity index (χ4n) is 4.51. The van der Waals surface area contributed by atoms with Crippen molar-refractivity contribution in [1.29, 1.82) is 0 Å². The van der Waals surface area contributed by atoms with Crippen LogP contribution in [0.5, 0.6) is 0 Å². The van der Waals surface area contributed by atoms with E-state index in [2.05, 4.69) is 29.6 Å². The zero-order valence-corrected chi connectivity index (χ0v) is 14.9. The van der Waals surface area contributed by atoms with Crippen LogP contribution in [-0.2, 0) is 5.41 Å². The summed E-state index contributed by atoms with van der Waals surface area (Å²) in [6.07, 6.45) is 1.98. The van der Waals surface area contributed by atoms with Crippen molar-refractivity contribution in [3.63, 3.8) is 0 Å². The highest BCUT2D eigenvalue weighted by Gasteiger charge is 2.42. The molecule has 0 unspecified atom stereocenters. The Balaban J connectivity index is 1.37. The van der Waals surface area contributed by atoms with Gasteiger partial charge in [0.05, 0.1) is 0 Å². The third-order valence-electron chi connectivity index (χ3n) is 6.11. The van der Waals surface area contributed by atoms with Crippen LogP contribution in [0.3, 0.4) is 0 Å². The number of benzene rings is 2. The van der Waals surface area contributed by atoms with E-state index in [1.54, 1.807) is 0 Å². The van der Waals surface area contributed by atoms with E-state index in [0.717, 1.165) is 49.0 Å². The van der Waals surface area contributed by atoms with Crippen LogP contribution in [-0.4, -0.2) is 30.4 Å². The summed E-state index contributed by atoms with van der Waals surface area (Å²) in [6.45, 7) is 4.55. The van der Waals surface area contributed by atoms with Gasteiger partial charge in [0.2, 0.25) is 0 Å². The van der Waals surface area contributed by atoms with Gasteiger partial charge in [0, 0.05) is 36.1 Å². The van der Waals surface area contributed by atoms with Crippen LogP contribution in [0, 0.1) is 6.92 Å². The second-order valence-electron chi connectivity index (χ2n) is 7.57. The maximum atomic E-state index is 12.9. The van der Waals surface area contributed by atoms with Gasteiger partial charge in [-0.05, 0) is 49.1 Å². The van der Waals surface area contributed by atoms with E-state index in [0.29, 0.717) is 5.76 Å². The van der Waals surface area contributed by atoms with Gasteiger partial charge in [-0.3, -0.25) is 4.79 Å². The lowest BCUT2D eigenvalue weighted by Crippen LogP contribution is -2.46. The first kappa shape index (κ1) is 15.5. The number of nitrogens with zero attached hydrogens (tertiary/aromatic N) is 1. The van der Waals surface area contributed by atoms with E-state index in [-0.39, 0.29) is 11.3 Å². The Morgan fingerprint density at radius 2 is 1.92 bits per heavy atom. The number of para-hydroxylation sites is 1. The number of likely N-dealkylation sites (tertiary alicyclic amines) is 1. The van der Waals surface area contributed by atoms with Gasteiger partial charge in [0.15, 0.2) is 5.76 Å². The van der Waals surface area contributed by atoms with E-state index >= 15 is 0 Å². The van der Waals surface area contributed by atoms with Crippen molar-refractivity contribution in [2.45, 2.75) is 25.2 Å². The van der Waals surface area contributed by atoms with Crippen molar-refractivity contribution >= 4 is 22.6 Å². The second-order valence-corrected chi connectivity index (χ2v) is 7.57. The highest BCUT2D eigenvalue weighted by atomic mass is 16.3. The third kappa shape index (κ3) is 2.25. The van der Waals surface area contributed by atoms with Gasteiger partial charge in [-0.2, -0.15) is 0 Å². The molecule has 1 saturated heterocycles. The van der Waals surface area contributed by atoms with Gasteiger partial charge in [-0.25, -0.2) is 0 Å². The number of anilines is 1. The Kier molecular flexibility index (Phi) is 3.36. The predicted octanol–water partition coefficient (Wildman–Crippen LogP) is 4.34. The summed E-state index contributed by atoms with van der Waals surface area (Å²) < 4.78 is 5.83. The molecule has 0 saturated carbocycles. The van der Waals surface area contributed by atoms with Crippen LogP contribution < -0.4 is 5.32 Å². The van der Waals surface area contributed by atoms with Gasteiger partial charge in [0.25, 0.3) is 5.91 Å². The smallest absolute Gasteiger partial charge is 0.289 e. The molecule has 1 amide bonds. The average Bonchev–Trinajstić information content (AvgIpc) is 3.26. The molecule has 5 rings (SSSR count). The van der Waals surface area contributed by atoms with Crippen molar-refractivity contribution in [3.8, 4) is 0 Å². The fraction of sp³-hybridized carbons (Fsp3) is 0.318. The number of carbonyl (C=O) groups excluding carboxylic acids is 1. The van der Waals surface area contributed by atoms with Crippen molar-refractivity contribution in [2.24, 2.45) is 0 Å². The minimum atomic E-state index is 0.00897. The molecule has 2 aromatic carbocycles. The molecular formula is C22H22N2O2. The van der Waals surface area contributed by atoms with Crippen molar-refractivity contribution in [1.82, 2.24) is 4.90 Å². The van der Waals surface area contributed by atoms with E-state index in [9.17, 15) is 4.79 Å².